The van der Waals surface area contributed by atoms with Crippen LogP contribution in [-0.4, -0.2) is 24.1 Å². The molecule has 0 saturated carbocycles. The zero-order chi connectivity index (χ0) is 17.2. The van der Waals surface area contributed by atoms with Crippen LogP contribution in [0, 0.1) is 0 Å². The third kappa shape index (κ3) is 6.67. The number of esters is 1. The molecular formula is C19H20O2S3. The summed E-state index contributed by atoms with van der Waals surface area (Å²) in [5, 5.41) is 0. The summed E-state index contributed by atoms with van der Waals surface area (Å²) in [5.41, 5.74) is 0. The van der Waals surface area contributed by atoms with Gasteiger partial charge in [0.25, 0.3) is 0 Å². The molecule has 0 bridgehead atoms. The lowest BCUT2D eigenvalue weighted by molar-refractivity contribution is -0.137. The summed E-state index contributed by atoms with van der Waals surface area (Å²) in [6.45, 7) is 5.93. The van der Waals surface area contributed by atoms with Crippen LogP contribution in [0.15, 0.2) is 80.8 Å². The van der Waals surface area contributed by atoms with Crippen LogP contribution in [0.2, 0.25) is 0 Å². The van der Waals surface area contributed by atoms with Gasteiger partial charge in [-0.25, -0.2) is 4.79 Å². The van der Waals surface area contributed by atoms with Crippen molar-refractivity contribution in [2.45, 2.75) is 26.5 Å². The highest BCUT2D eigenvalue weighted by atomic mass is 32.2. The van der Waals surface area contributed by atoms with Gasteiger partial charge in [-0.1, -0.05) is 25.3 Å². The lowest BCUT2D eigenvalue weighted by atomic mass is 10.4. The second kappa shape index (κ2) is 10.5. The normalized spacial score (nSPS) is 10.4. The molecule has 0 aliphatic rings. The van der Waals surface area contributed by atoms with Crippen molar-refractivity contribution >= 4 is 41.3 Å². The van der Waals surface area contributed by atoms with Gasteiger partial charge in [-0.05, 0) is 54.3 Å². The predicted octanol–water partition coefficient (Wildman–Crippen LogP) is 5.77. The molecule has 2 aromatic carbocycles. The van der Waals surface area contributed by atoms with E-state index in [0.29, 0.717) is 6.61 Å². The van der Waals surface area contributed by atoms with Crippen molar-refractivity contribution in [3.63, 3.8) is 0 Å². The van der Waals surface area contributed by atoms with Crippen molar-refractivity contribution in [1.29, 1.82) is 0 Å². The van der Waals surface area contributed by atoms with Crippen molar-refractivity contribution in [3.05, 3.63) is 61.2 Å². The van der Waals surface area contributed by atoms with E-state index >= 15 is 0 Å². The average molecular weight is 377 g/mol. The summed E-state index contributed by atoms with van der Waals surface area (Å²) in [6, 6.07) is 17.1. The van der Waals surface area contributed by atoms with Gasteiger partial charge in [0.2, 0.25) is 0 Å². The third-order valence-electron chi connectivity index (χ3n) is 2.96. The first-order valence-electron chi connectivity index (χ1n) is 7.64. The Morgan fingerprint density at radius 2 is 1.46 bits per heavy atom. The fourth-order valence-corrected chi connectivity index (χ4v) is 4.08. The van der Waals surface area contributed by atoms with Gasteiger partial charge in [0, 0.05) is 31.4 Å². The van der Waals surface area contributed by atoms with Crippen molar-refractivity contribution < 1.29 is 9.53 Å². The van der Waals surface area contributed by atoms with E-state index in [4.69, 9.17) is 4.74 Å². The van der Waals surface area contributed by atoms with Crippen molar-refractivity contribution in [1.82, 2.24) is 0 Å². The van der Waals surface area contributed by atoms with Gasteiger partial charge in [0.05, 0.1) is 0 Å². The molecular weight excluding hydrogens is 356 g/mol. The highest BCUT2D eigenvalue weighted by molar-refractivity contribution is 8.00. The molecule has 0 aliphatic heterocycles. The Morgan fingerprint density at radius 3 is 1.96 bits per heavy atom. The van der Waals surface area contributed by atoms with Crippen LogP contribution in [0.5, 0.6) is 0 Å². The predicted molar refractivity (Wildman–Crippen MR) is 105 cm³/mol. The topological polar surface area (TPSA) is 26.3 Å². The minimum atomic E-state index is -0.370. The number of hydrogen-bond acceptors (Lipinski definition) is 5. The Labute approximate surface area is 156 Å². The SMILES string of the molecule is C=CC(=O)OCCSc1ccc(Sc2ccc(SCC)cc2)cc1. The molecule has 0 atom stereocenters. The van der Waals surface area contributed by atoms with Gasteiger partial charge in [0.1, 0.15) is 6.61 Å². The number of hydrogen-bond donors (Lipinski definition) is 0. The first kappa shape index (κ1) is 19.0. The molecule has 2 aromatic rings. The number of carbonyl (C=O) groups is 1. The maximum Gasteiger partial charge on any atom is 0.330 e. The second-order valence-electron chi connectivity index (χ2n) is 4.70. The standard InChI is InChI=1S/C19H20O2S3/c1-3-19(20)21-13-14-23-16-7-11-18(12-8-16)24-17-9-5-15(6-10-17)22-4-2/h3,5-12H,1,4,13-14H2,2H3. The summed E-state index contributed by atoms with van der Waals surface area (Å²) in [4.78, 5) is 15.9. The molecule has 0 aromatic heterocycles. The number of benzene rings is 2. The number of thioether (sulfide) groups is 2. The van der Waals surface area contributed by atoms with Gasteiger partial charge in [-0.15, -0.1) is 23.5 Å². The van der Waals surface area contributed by atoms with Gasteiger partial charge in [0.15, 0.2) is 0 Å². The van der Waals surface area contributed by atoms with Crippen LogP contribution >= 0.6 is 35.3 Å². The van der Waals surface area contributed by atoms with Crippen molar-refractivity contribution in [2.75, 3.05) is 18.1 Å². The summed E-state index contributed by atoms with van der Waals surface area (Å²) in [5.74, 6) is 1.46. The summed E-state index contributed by atoms with van der Waals surface area (Å²) < 4.78 is 4.96. The monoisotopic (exact) mass is 376 g/mol. The smallest absolute Gasteiger partial charge is 0.330 e. The Bertz CT molecular complexity index is 651. The van der Waals surface area contributed by atoms with Crippen LogP contribution in [0.3, 0.4) is 0 Å². The fraction of sp³-hybridized carbons (Fsp3) is 0.211. The van der Waals surface area contributed by atoms with E-state index in [2.05, 4.69) is 62.0 Å². The first-order chi connectivity index (χ1) is 11.7. The van der Waals surface area contributed by atoms with E-state index in [9.17, 15) is 4.79 Å². The molecule has 0 saturated heterocycles. The Morgan fingerprint density at radius 1 is 0.958 bits per heavy atom. The van der Waals surface area contributed by atoms with Crippen LogP contribution in [-0.2, 0) is 9.53 Å². The minimum Gasteiger partial charge on any atom is -0.462 e. The lowest BCUT2D eigenvalue weighted by Gasteiger charge is -2.06. The molecule has 0 unspecified atom stereocenters. The summed E-state index contributed by atoms with van der Waals surface area (Å²) in [7, 11) is 0. The van der Waals surface area contributed by atoms with Crippen LogP contribution in [0.25, 0.3) is 0 Å². The number of ether oxygens (including phenoxy) is 1. The molecule has 5 heteroatoms. The molecule has 0 spiro atoms. The Hall–Kier alpha value is -1.30. The average Bonchev–Trinajstić information content (AvgIpc) is 2.62. The summed E-state index contributed by atoms with van der Waals surface area (Å²) >= 11 is 5.29. The number of carbonyl (C=O) groups excluding carboxylic acids is 1. The van der Waals surface area contributed by atoms with Crippen LogP contribution in [0.4, 0.5) is 0 Å². The second-order valence-corrected chi connectivity index (χ2v) is 8.35. The van der Waals surface area contributed by atoms with Gasteiger partial charge in [-0.2, -0.15) is 0 Å². The zero-order valence-electron chi connectivity index (χ0n) is 13.6. The molecule has 0 aliphatic carbocycles. The fourth-order valence-electron chi connectivity index (χ4n) is 1.87. The molecule has 24 heavy (non-hydrogen) atoms. The Balaban J connectivity index is 1.81. The molecule has 0 amide bonds. The van der Waals surface area contributed by atoms with E-state index < -0.39 is 0 Å². The lowest BCUT2D eigenvalue weighted by Crippen LogP contribution is -2.03. The Kier molecular flexibility index (Phi) is 8.36. The molecule has 0 fully saturated rings. The maximum atomic E-state index is 10.9. The van der Waals surface area contributed by atoms with E-state index in [-0.39, 0.29) is 5.97 Å². The molecule has 0 radical (unpaired) electrons. The molecule has 0 N–H and O–H groups in total. The quantitative estimate of drug-likeness (QED) is 0.239. The van der Waals surface area contributed by atoms with E-state index in [0.717, 1.165) is 11.5 Å². The first-order valence-corrected chi connectivity index (χ1v) is 10.4. The van der Waals surface area contributed by atoms with Crippen LogP contribution in [0.1, 0.15) is 6.92 Å². The van der Waals surface area contributed by atoms with Crippen LogP contribution < -0.4 is 0 Å². The van der Waals surface area contributed by atoms with E-state index in [1.165, 1.54) is 25.7 Å². The highest BCUT2D eigenvalue weighted by Gasteiger charge is 2.01. The molecule has 126 valence electrons. The van der Waals surface area contributed by atoms with Crippen molar-refractivity contribution in [3.8, 4) is 0 Å². The van der Waals surface area contributed by atoms with Gasteiger partial charge >= 0.3 is 5.97 Å². The van der Waals surface area contributed by atoms with E-state index in [1.54, 1.807) is 23.5 Å². The molecule has 0 heterocycles. The third-order valence-corrected chi connectivity index (χ3v) is 5.84. The van der Waals surface area contributed by atoms with E-state index in [1.807, 2.05) is 11.8 Å². The summed E-state index contributed by atoms with van der Waals surface area (Å²) in [6.07, 6.45) is 1.18. The van der Waals surface area contributed by atoms with Gasteiger partial charge < -0.3 is 4.74 Å². The molecule has 2 rings (SSSR count). The molecule has 2 nitrogen and oxygen atoms in total. The van der Waals surface area contributed by atoms with Crippen molar-refractivity contribution in [2.24, 2.45) is 0 Å². The highest BCUT2D eigenvalue weighted by Crippen LogP contribution is 2.31. The zero-order valence-corrected chi connectivity index (χ0v) is 16.0. The largest absolute Gasteiger partial charge is 0.462 e. The number of rotatable bonds is 9. The van der Waals surface area contributed by atoms with Gasteiger partial charge in [-0.3, -0.25) is 0 Å². The minimum absolute atomic E-state index is 0.370. The maximum absolute atomic E-state index is 10.9.